The van der Waals surface area contributed by atoms with Gasteiger partial charge >= 0.3 is 6.18 Å². The third-order valence-corrected chi connectivity index (χ3v) is 3.60. The lowest BCUT2D eigenvalue weighted by Crippen LogP contribution is -2.20. The number of halogens is 3. The molecule has 1 N–H and O–H groups in total. The van der Waals surface area contributed by atoms with Crippen molar-refractivity contribution < 1.29 is 22.9 Å². The molecule has 0 atom stereocenters. The first kappa shape index (κ1) is 18.1. The standard InChI is InChI=1S/C17H11F3N4O3/c18-17(19,20)15-14(10-21-23(15)12-6-2-1-3-7-12)16(25)22-11-5-4-8-13(9-11)24(26)27/h1-10H,(H,22,25). The van der Waals surface area contributed by atoms with Crippen LogP contribution in [0.1, 0.15) is 16.1 Å². The summed E-state index contributed by atoms with van der Waals surface area (Å²) in [6.45, 7) is 0. The molecule has 7 nitrogen and oxygen atoms in total. The zero-order chi connectivity index (χ0) is 19.6. The summed E-state index contributed by atoms with van der Waals surface area (Å²) >= 11 is 0. The predicted octanol–water partition coefficient (Wildman–Crippen LogP) is 4.05. The molecule has 0 aliphatic rings. The summed E-state index contributed by atoms with van der Waals surface area (Å²) in [6, 6.07) is 12.5. The molecule has 1 heterocycles. The van der Waals surface area contributed by atoms with Crippen LogP contribution in [0.15, 0.2) is 60.8 Å². The Kier molecular flexibility index (Phi) is 4.63. The van der Waals surface area contributed by atoms with E-state index in [1.165, 1.54) is 30.3 Å². The minimum atomic E-state index is -4.85. The Morgan fingerprint density at radius 2 is 1.81 bits per heavy atom. The molecular weight excluding hydrogens is 365 g/mol. The van der Waals surface area contributed by atoms with Crippen LogP contribution in [0.4, 0.5) is 24.5 Å². The van der Waals surface area contributed by atoms with E-state index in [1.807, 2.05) is 0 Å². The number of hydrogen-bond acceptors (Lipinski definition) is 4. The highest BCUT2D eigenvalue weighted by Gasteiger charge is 2.40. The number of non-ortho nitro benzene ring substituents is 1. The molecular formula is C17H11F3N4O3. The number of para-hydroxylation sites is 1. The number of nitrogens with zero attached hydrogens (tertiary/aromatic N) is 3. The maximum Gasteiger partial charge on any atom is 0.434 e. The van der Waals surface area contributed by atoms with Crippen molar-refractivity contribution in [2.24, 2.45) is 0 Å². The number of benzene rings is 2. The van der Waals surface area contributed by atoms with Crippen LogP contribution in [0, 0.1) is 10.1 Å². The largest absolute Gasteiger partial charge is 0.434 e. The van der Waals surface area contributed by atoms with Gasteiger partial charge in [-0.1, -0.05) is 24.3 Å². The Bertz CT molecular complexity index is 1000. The molecule has 27 heavy (non-hydrogen) atoms. The Morgan fingerprint density at radius 1 is 1.11 bits per heavy atom. The fraction of sp³-hybridized carbons (Fsp3) is 0.0588. The molecule has 3 rings (SSSR count). The van der Waals surface area contributed by atoms with Gasteiger partial charge in [-0.25, -0.2) is 4.68 Å². The number of anilines is 1. The van der Waals surface area contributed by atoms with Crippen molar-refractivity contribution in [1.29, 1.82) is 0 Å². The van der Waals surface area contributed by atoms with Crippen molar-refractivity contribution in [3.63, 3.8) is 0 Å². The average molecular weight is 376 g/mol. The highest BCUT2D eigenvalue weighted by Crippen LogP contribution is 2.34. The van der Waals surface area contributed by atoms with E-state index in [4.69, 9.17) is 0 Å². The Hall–Kier alpha value is -3.69. The van der Waals surface area contributed by atoms with Gasteiger partial charge in [0.2, 0.25) is 0 Å². The van der Waals surface area contributed by atoms with E-state index in [-0.39, 0.29) is 17.1 Å². The molecule has 0 saturated carbocycles. The minimum absolute atomic E-state index is 0.00483. The fourth-order valence-corrected chi connectivity index (χ4v) is 2.45. The first-order chi connectivity index (χ1) is 12.8. The molecule has 1 amide bonds. The number of nitro groups is 1. The third kappa shape index (κ3) is 3.78. The monoisotopic (exact) mass is 376 g/mol. The summed E-state index contributed by atoms with van der Waals surface area (Å²) in [7, 11) is 0. The summed E-state index contributed by atoms with van der Waals surface area (Å²) in [5.41, 5.74) is -2.10. The van der Waals surface area contributed by atoms with E-state index in [2.05, 4.69) is 10.4 Å². The summed E-state index contributed by atoms with van der Waals surface area (Å²) < 4.78 is 41.3. The lowest BCUT2D eigenvalue weighted by atomic mass is 10.2. The highest BCUT2D eigenvalue weighted by molar-refractivity contribution is 6.05. The van der Waals surface area contributed by atoms with Crippen molar-refractivity contribution >= 4 is 17.3 Å². The van der Waals surface area contributed by atoms with Gasteiger partial charge in [0.1, 0.15) is 0 Å². The number of hydrogen-bond donors (Lipinski definition) is 1. The van der Waals surface area contributed by atoms with Crippen molar-refractivity contribution in [2.45, 2.75) is 6.18 Å². The van der Waals surface area contributed by atoms with Crippen LogP contribution >= 0.6 is 0 Å². The van der Waals surface area contributed by atoms with Crippen LogP contribution in [0.25, 0.3) is 5.69 Å². The number of carbonyl (C=O) groups is 1. The molecule has 10 heteroatoms. The van der Waals surface area contributed by atoms with Crippen LogP contribution in [-0.4, -0.2) is 20.6 Å². The van der Waals surface area contributed by atoms with Crippen LogP contribution in [-0.2, 0) is 6.18 Å². The van der Waals surface area contributed by atoms with Crippen LogP contribution in [0.3, 0.4) is 0 Å². The van der Waals surface area contributed by atoms with Crippen molar-refractivity contribution in [1.82, 2.24) is 9.78 Å². The second-order valence-electron chi connectivity index (χ2n) is 5.41. The van der Waals surface area contributed by atoms with Crippen molar-refractivity contribution in [3.8, 4) is 5.69 Å². The van der Waals surface area contributed by atoms with E-state index in [0.29, 0.717) is 4.68 Å². The number of nitrogens with one attached hydrogen (secondary N) is 1. The molecule has 138 valence electrons. The summed E-state index contributed by atoms with van der Waals surface area (Å²) in [6.07, 6.45) is -4.04. The maximum absolute atomic E-state index is 13.6. The quantitative estimate of drug-likeness (QED) is 0.549. The lowest BCUT2D eigenvalue weighted by molar-refractivity contribution is -0.384. The van der Waals surface area contributed by atoms with Crippen LogP contribution in [0.2, 0.25) is 0 Å². The molecule has 0 aliphatic carbocycles. The van der Waals surface area contributed by atoms with E-state index < -0.39 is 28.3 Å². The summed E-state index contributed by atoms with van der Waals surface area (Å²) in [4.78, 5) is 22.5. The topological polar surface area (TPSA) is 90.1 Å². The second-order valence-corrected chi connectivity index (χ2v) is 5.41. The van der Waals surface area contributed by atoms with Gasteiger partial charge in [-0.3, -0.25) is 14.9 Å². The first-order valence-electron chi connectivity index (χ1n) is 7.54. The molecule has 1 aromatic heterocycles. The van der Waals surface area contributed by atoms with Gasteiger partial charge in [0.15, 0.2) is 5.69 Å². The number of nitro benzene ring substituents is 1. The Labute approximate surface area is 150 Å². The van der Waals surface area contributed by atoms with Crippen LogP contribution in [0.5, 0.6) is 0 Å². The zero-order valence-electron chi connectivity index (χ0n) is 13.5. The smallest absolute Gasteiger partial charge is 0.322 e. The molecule has 0 fully saturated rings. The number of rotatable bonds is 4. The van der Waals surface area contributed by atoms with Gasteiger partial charge < -0.3 is 5.32 Å². The molecule has 0 saturated heterocycles. The van der Waals surface area contributed by atoms with Crippen LogP contribution < -0.4 is 5.32 Å². The summed E-state index contributed by atoms with van der Waals surface area (Å²) in [5, 5.41) is 16.7. The molecule has 2 aromatic carbocycles. The molecule has 0 unspecified atom stereocenters. The fourth-order valence-electron chi connectivity index (χ4n) is 2.45. The van der Waals surface area contributed by atoms with Gasteiger partial charge in [-0.15, -0.1) is 0 Å². The lowest BCUT2D eigenvalue weighted by Gasteiger charge is -2.12. The zero-order valence-corrected chi connectivity index (χ0v) is 13.5. The predicted molar refractivity (Wildman–Crippen MR) is 89.6 cm³/mol. The minimum Gasteiger partial charge on any atom is -0.322 e. The second kappa shape index (κ2) is 6.90. The Morgan fingerprint density at radius 3 is 2.44 bits per heavy atom. The van der Waals surface area contributed by atoms with Crippen molar-refractivity contribution in [3.05, 3.63) is 82.2 Å². The highest BCUT2D eigenvalue weighted by atomic mass is 19.4. The molecule has 0 aliphatic heterocycles. The molecule has 0 spiro atoms. The molecule has 0 radical (unpaired) electrons. The SMILES string of the molecule is O=C(Nc1cccc([N+](=O)[O-])c1)c1cnn(-c2ccccc2)c1C(F)(F)F. The number of aromatic nitrogens is 2. The normalized spacial score (nSPS) is 11.2. The molecule has 0 bridgehead atoms. The average Bonchev–Trinajstić information content (AvgIpc) is 3.08. The molecule has 3 aromatic rings. The Balaban J connectivity index is 1.99. The van der Waals surface area contributed by atoms with E-state index in [1.54, 1.807) is 18.2 Å². The van der Waals surface area contributed by atoms with Gasteiger partial charge in [0.05, 0.1) is 22.4 Å². The van der Waals surface area contributed by atoms with E-state index in [9.17, 15) is 28.1 Å². The van der Waals surface area contributed by atoms with Gasteiger partial charge in [-0.05, 0) is 18.2 Å². The third-order valence-electron chi connectivity index (χ3n) is 3.60. The van der Waals surface area contributed by atoms with Gasteiger partial charge in [0, 0.05) is 17.8 Å². The summed E-state index contributed by atoms with van der Waals surface area (Å²) in [5.74, 6) is -1.08. The number of carbonyl (C=O) groups excluding carboxylic acids is 1. The number of alkyl halides is 3. The van der Waals surface area contributed by atoms with Gasteiger partial charge in [0.25, 0.3) is 11.6 Å². The maximum atomic E-state index is 13.6. The van der Waals surface area contributed by atoms with E-state index in [0.717, 1.165) is 12.3 Å². The van der Waals surface area contributed by atoms with Crippen molar-refractivity contribution in [2.75, 3.05) is 5.32 Å². The first-order valence-corrected chi connectivity index (χ1v) is 7.54. The van der Waals surface area contributed by atoms with Gasteiger partial charge in [-0.2, -0.15) is 18.3 Å². The number of amides is 1. The van der Waals surface area contributed by atoms with E-state index >= 15 is 0 Å².